The van der Waals surface area contributed by atoms with Crippen LogP contribution in [-0.4, -0.2) is 0 Å². The van der Waals surface area contributed by atoms with Crippen LogP contribution in [-0.2, 0) is 0 Å². The number of rotatable bonds is 6. The molecule has 0 saturated carbocycles. The maximum atomic E-state index is 2.37. The Morgan fingerprint density at radius 1 is 1.14 bits per heavy atom. The maximum absolute atomic E-state index is 2.37. The van der Waals surface area contributed by atoms with Crippen molar-refractivity contribution in [2.75, 3.05) is 0 Å². The molecule has 1 aromatic rings. The first-order chi connectivity index (χ1) is 6.83. The molecule has 1 aromatic carbocycles. The molecule has 77 valence electrons. The lowest BCUT2D eigenvalue weighted by molar-refractivity contribution is 0.555. The van der Waals surface area contributed by atoms with Gasteiger partial charge in [-0.25, -0.2) is 0 Å². The molecule has 14 heavy (non-hydrogen) atoms. The van der Waals surface area contributed by atoms with Crippen molar-refractivity contribution in [2.45, 2.75) is 39.5 Å². The lowest BCUT2D eigenvalue weighted by Gasteiger charge is -2.10. The van der Waals surface area contributed by atoms with Crippen molar-refractivity contribution in [1.82, 2.24) is 0 Å². The highest BCUT2D eigenvalue weighted by Crippen LogP contribution is 2.16. The zero-order valence-corrected chi connectivity index (χ0v) is 9.37. The van der Waals surface area contributed by atoms with Crippen LogP contribution in [0.5, 0.6) is 0 Å². The molecule has 0 fully saturated rings. The molecule has 0 aliphatic carbocycles. The first-order valence-corrected chi connectivity index (χ1v) is 5.73. The summed E-state index contributed by atoms with van der Waals surface area (Å²) in [6.07, 6.45) is 7.74. The Balaban J connectivity index is 2.23. The topological polar surface area (TPSA) is 0 Å². The molecule has 0 amide bonds. The fraction of sp³-hybridized carbons (Fsp3) is 0.500. The van der Waals surface area contributed by atoms with Gasteiger partial charge in [0.25, 0.3) is 0 Å². The van der Waals surface area contributed by atoms with Crippen molar-refractivity contribution in [1.29, 1.82) is 0 Å². The van der Waals surface area contributed by atoms with Gasteiger partial charge in [0.1, 0.15) is 0 Å². The van der Waals surface area contributed by atoms with Gasteiger partial charge in [0.2, 0.25) is 0 Å². The van der Waals surface area contributed by atoms with Crippen LogP contribution in [0, 0.1) is 12.3 Å². The van der Waals surface area contributed by atoms with Crippen molar-refractivity contribution in [3.8, 4) is 0 Å². The summed E-state index contributed by atoms with van der Waals surface area (Å²) in [4.78, 5) is 0. The van der Waals surface area contributed by atoms with E-state index in [1.807, 2.05) is 0 Å². The normalized spacial score (nSPS) is 12.7. The number of hydrogen-bond donors (Lipinski definition) is 0. The molecule has 0 nitrogen and oxygen atoms in total. The smallest absolute Gasteiger partial charge is 0.00648 e. The highest BCUT2D eigenvalue weighted by Gasteiger charge is 2.02. The van der Waals surface area contributed by atoms with Gasteiger partial charge in [-0.15, -0.1) is 0 Å². The predicted octanol–water partition coefficient (Wildman–Crippen LogP) is 4.46. The Hall–Kier alpha value is -0.780. The first kappa shape index (κ1) is 11.3. The predicted molar refractivity (Wildman–Crippen MR) is 63.2 cm³/mol. The summed E-state index contributed by atoms with van der Waals surface area (Å²) in [5.41, 5.74) is 1.36. The van der Waals surface area contributed by atoms with E-state index in [4.69, 9.17) is 0 Å². The molecular weight excluding hydrogens is 168 g/mol. The van der Waals surface area contributed by atoms with Crippen LogP contribution in [0.4, 0.5) is 0 Å². The molecule has 0 aromatic heterocycles. The second-order valence-corrected chi connectivity index (χ2v) is 4.05. The van der Waals surface area contributed by atoms with Gasteiger partial charge in [0.05, 0.1) is 0 Å². The van der Waals surface area contributed by atoms with E-state index >= 15 is 0 Å². The molecule has 1 atom stereocenters. The van der Waals surface area contributed by atoms with Crippen LogP contribution < -0.4 is 0 Å². The number of unbranched alkanes of at least 4 members (excludes halogenated alkanes) is 2. The van der Waals surface area contributed by atoms with Crippen LogP contribution >= 0.6 is 0 Å². The molecule has 0 spiro atoms. The van der Waals surface area contributed by atoms with E-state index in [2.05, 4.69) is 50.6 Å². The minimum atomic E-state index is 0.712. The van der Waals surface area contributed by atoms with Gasteiger partial charge in [-0.1, -0.05) is 69.9 Å². The standard InChI is InChI=1S/C14H21/c1-3-4-6-9-13(2)12-14-10-7-5-8-11-14/h5,7-8,10-13H,3-4,6,9H2,1-2H3. The Morgan fingerprint density at radius 3 is 2.50 bits per heavy atom. The van der Waals surface area contributed by atoms with Crippen LogP contribution in [0.15, 0.2) is 30.3 Å². The summed E-state index contributed by atoms with van der Waals surface area (Å²) in [6.45, 7) is 4.56. The van der Waals surface area contributed by atoms with Crippen molar-refractivity contribution in [3.05, 3.63) is 42.3 Å². The van der Waals surface area contributed by atoms with Gasteiger partial charge in [-0.05, 0) is 17.9 Å². The van der Waals surface area contributed by atoms with Gasteiger partial charge < -0.3 is 0 Å². The van der Waals surface area contributed by atoms with Crippen LogP contribution in [0.1, 0.15) is 45.1 Å². The van der Waals surface area contributed by atoms with Gasteiger partial charge in [0, 0.05) is 0 Å². The number of hydrogen-bond acceptors (Lipinski definition) is 0. The molecule has 0 bridgehead atoms. The fourth-order valence-electron chi connectivity index (χ4n) is 1.69. The molecule has 0 N–H and O–H groups in total. The molecule has 0 aliphatic heterocycles. The molecule has 1 radical (unpaired) electrons. The summed E-state index contributed by atoms with van der Waals surface area (Å²) >= 11 is 0. The average Bonchev–Trinajstić information content (AvgIpc) is 2.20. The third-order valence-electron chi connectivity index (χ3n) is 2.54. The van der Waals surface area contributed by atoms with Crippen LogP contribution in [0.25, 0.3) is 0 Å². The summed E-state index contributed by atoms with van der Waals surface area (Å²) in [5.74, 6) is 0.712. The molecule has 1 rings (SSSR count). The van der Waals surface area contributed by atoms with Crippen molar-refractivity contribution in [2.24, 2.45) is 5.92 Å². The van der Waals surface area contributed by atoms with Gasteiger partial charge in [-0.3, -0.25) is 0 Å². The van der Waals surface area contributed by atoms with E-state index in [0.717, 1.165) is 0 Å². The van der Waals surface area contributed by atoms with E-state index in [1.165, 1.54) is 31.2 Å². The fourth-order valence-corrected chi connectivity index (χ4v) is 1.69. The SMILES string of the molecule is CCCCCC(C)[CH]c1ccccc1. The van der Waals surface area contributed by atoms with Gasteiger partial charge in [-0.2, -0.15) is 0 Å². The minimum absolute atomic E-state index is 0.712. The molecule has 0 heterocycles. The lowest BCUT2D eigenvalue weighted by Crippen LogP contribution is -1.96. The molecule has 0 aliphatic rings. The second kappa shape index (κ2) is 6.64. The summed E-state index contributed by atoms with van der Waals surface area (Å²) in [6, 6.07) is 10.6. The average molecular weight is 189 g/mol. The zero-order valence-electron chi connectivity index (χ0n) is 9.37. The minimum Gasteiger partial charge on any atom is -0.0654 e. The summed E-state index contributed by atoms with van der Waals surface area (Å²) in [7, 11) is 0. The van der Waals surface area contributed by atoms with E-state index in [-0.39, 0.29) is 0 Å². The van der Waals surface area contributed by atoms with Gasteiger partial charge in [0.15, 0.2) is 0 Å². The van der Waals surface area contributed by atoms with Crippen LogP contribution in [0.3, 0.4) is 0 Å². The molecular formula is C14H21. The maximum Gasteiger partial charge on any atom is -0.00648 e. The van der Waals surface area contributed by atoms with E-state index in [0.29, 0.717) is 5.92 Å². The molecule has 1 unspecified atom stereocenters. The lowest BCUT2D eigenvalue weighted by atomic mass is 9.96. The highest BCUT2D eigenvalue weighted by molar-refractivity contribution is 5.22. The Labute approximate surface area is 88.4 Å². The van der Waals surface area contributed by atoms with E-state index < -0.39 is 0 Å². The number of benzene rings is 1. The van der Waals surface area contributed by atoms with Crippen molar-refractivity contribution in [3.63, 3.8) is 0 Å². The van der Waals surface area contributed by atoms with E-state index in [9.17, 15) is 0 Å². The quantitative estimate of drug-likeness (QED) is 0.580. The summed E-state index contributed by atoms with van der Waals surface area (Å²) in [5, 5.41) is 0. The van der Waals surface area contributed by atoms with Crippen LogP contribution in [0.2, 0.25) is 0 Å². The Morgan fingerprint density at radius 2 is 1.86 bits per heavy atom. The molecule has 0 heteroatoms. The van der Waals surface area contributed by atoms with E-state index in [1.54, 1.807) is 0 Å². The zero-order chi connectivity index (χ0) is 10.2. The summed E-state index contributed by atoms with van der Waals surface area (Å²) < 4.78 is 0. The largest absolute Gasteiger partial charge is 0.0654 e. The third-order valence-corrected chi connectivity index (χ3v) is 2.54. The van der Waals surface area contributed by atoms with Crippen molar-refractivity contribution < 1.29 is 0 Å². The second-order valence-electron chi connectivity index (χ2n) is 4.05. The Bertz CT molecular complexity index is 225. The highest BCUT2D eigenvalue weighted by atomic mass is 14.1. The van der Waals surface area contributed by atoms with Crippen molar-refractivity contribution >= 4 is 0 Å². The van der Waals surface area contributed by atoms with Gasteiger partial charge >= 0.3 is 0 Å². The molecule has 0 saturated heterocycles. The first-order valence-electron chi connectivity index (χ1n) is 5.73. The Kier molecular flexibility index (Phi) is 5.36. The monoisotopic (exact) mass is 189 g/mol. The third kappa shape index (κ3) is 4.45.